The summed E-state index contributed by atoms with van der Waals surface area (Å²) in [6, 6.07) is 5.92. The van der Waals surface area contributed by atoms with Crippen LogP contribution in [0.1, 0.15) is 5.82 Å². The molecule has 1 aliphatic heterocycles. The molecule has 3 aromatic rings. The number of aryl methyl sites for hydroxylation is 1. The van der Waals surface area contributed by atoms with Crippen molar-refractivity contribution in [1.29, 1.82) is 0 Å². The number of hydrogen-bond acceptors (Lipinski definition) is 4. The molecule has 92 valence electrons. The van der Waals surface area contributed by atoms with Crippen molar-refractivity contribution in [2.45, 2.75) is 6.92 Å². The predicted molar refractivity (Wildman–Crippen MR) is 73.1 cm³/mol. The summed E-state index contributed by atoms with van der Waals surface area (Å²) >= 11 is 0. The highest BCUT2D eigenvalue weighted by Gasteiger charge is 2.22. The smallest absolute Gasteiger partial charge is 0.139 e. The van der Waals surface area contributed by atoms with Crippen LogP contribution < -0.4 is 5.32 Å². The Kier molecular flexibility index (Phi) is 1.97. The summed E-state index contributed by atoms with van der Waals surface area (Å²) in [5.41, 5.74) is 4.93. The molecule has 1 aliphatic rings. The average Bonchev–Trinajstić information content (AvgIpc) is 2.76. The molecule has 0 unspecified atom stereocenters. The maximum atomic E-state index is 4.60. The Morgan fingerprint density at radius 3 is 3.00 bits per heavy atom. The van der Waals surface area contributed by atoms with Crippen molar-refractivity contribution < 1.29 is 0 Å². The van der Waals surface area contributed by atoms with Crippen LogP contribution in [0, 0.1) is 6.92 Å². The zero-order chi connectivity index (χ0) is 12.8. The number of anilines is 2. The zero-order valence-electron chi connectivity index (χ0n) is 10.3. The fourth-order valence-electron chi connectivity index (χ4n) is 2.42. The molecule has 0 amide bonds. The topological polar surface area (TPSA) is 66.5 Å². The van der Waals surface area contributed by atoms with E-state index in [2.05, 4.69) is 25.3 Å². The van der Waals surface area contributed by atoms with Crippen molar-refractivity contribution in [3.63, 3.8) is 0 Å². The van der Waals surface area contributed by atoms with E-state index in [0.29, 0.717) is 0 Å². The highest BCUT2D eigenvalue weighted by molar-refractivity contribution is 5.94. The molecule has 5 heteroatoms. The van der Waals surface area contributed by atoms with Crippen LogP contribution in [0.2, 0.25) is 0 Å². The van der Waals surface area contributed by atoms with Crippen LogP contribution in [0.3, 0.4) is 0 Å². The number of rotatable bonds is 0. The summed E-state index contributed by atoms with van der Waals surface area (Å²) in [7, 11) is 0. The summed E-state index contributed by atoms with van der Waals surface area (Å²) in [5.74, 6) is 1.70. The second-order valence-electron chi connectivity index (χ2n) is 4.49. The van der Waals surface area contributed by atoms with Gasteiger partial charge in [0.15, 0.2) is 0 Å². The number of imidazole rings is 1. The third-order valence-corrected chi connectivity index (χ3v) is 3.23. The summed E-state index contributed by atoms with van der Waals surface area (Å²) in [4.78, 5) is 16.5. The van der Waals surface area contributed by atoms with Crippen molar-refractivity contribution >= 4 is 11.5 Å². The second kappa shape index (κ2) is 3.65. The number of hydrogen-bond donors (Lipinski definition) is 2. The van der Waals surface area contributed by atoms with Gasteiger partial charge in [-0.2, -0.15) is 0 Å². The van der Waals surface area contributed by atoms with E-state index in [-0.39, 0.29) is 0 Å². The van der Waals surface area contributed by atoms with Crippen molar-refractivity contribution in [1.82, 2.24) is 19.9 Å². The third kappa shape index (κ3) is 1.45. The molecule has 0 saturated heterocycles. The number of aromatic amines is 1. The standard InChI is InChI=1S/C14H11N5/c1-8-17-12-9-4-6-15-7-11(9)19-14-10(13(12)18-8)3-2-5-16-14/h2-7H,1H3,(H,16,19)(H,17,18). The van der Waals surface area contributed by atoms with Crippen LogP contribution in [-0.4, -0.2) is 19.9 Å². The molecule has 0 aliphatic carbocycles. The first-order chi connectivity index (χ1) is 9.33. The Bertz CT molecular complexity index is 712. The quantitative estimate of drug-likeness (QED) is 0.503. The largest absolute Gasteiger partial charge is 0.342 e. The van der Waals surface area contributed by atoms with Crippen molar-refractivity contribution in [2.24, 2.45) is 0 Å². The molecule has 4 rings (SSSR count). The van der Waals surface area contributed by atoms with E-state index in [1.807, 2.05) is 25.1 Å². The molecule has 3 aromatic heterocycles. The molecule has 0 aromatic carbocycles. The minimum atomic E-state index is 0.807. The molecular weight excluding hydrogens is 238 g/mol. The number of nitrogens with one attached hydrogen (secondary N) is 2. The highest BCUT2D eigenvalue weighted by Crippen LogP contribution is 2.41. The van der Waals surface area contributed by atoms with Gasteiger partial charge in [0.05, 0.1) is 17.6 Å². The molecule has 0 radical (unpaired) electrons. The van der Waals surface area contributed by atoms with Crippen LogP contribution in [0.4, 0.5) is 11.5 Å². The van der Waals surface area contributed by atoms with Gasteiger partial charge in [-0.15, -0.1) is 0 Å². The fourth-order valence-corrected chi connectivity index (χ4v) is 2.42. The van der Waals surface area contributed by atoms with Gasteiger partial charge in [0.25, 0.3) is 0 Å². The van der Waals surface area contributed by atoms with E-state index in [0.717, 1.165) is 39.8 Å². The van der Waals surface area contributed by atoms with Gasteiger partial charge in [-0.25, -0.2) is 9.97 Å². The van der Waals surface area contributed by atoms with Gasteiger partial charge in [0.2, 0.25) is 0 Å². The Balaban J connectivity index is 2.12. The van der Waals surface area contributed by atoms with E-state index < -0.39 is 0 Å². The SMILES string of the molecule is Cc1nc2c([nH]1)-c1ccncc1Nc1ncccc1-2. The van der Waals surface area contributed by atoms with E-state index in [4.69, 9.17) is 0 Å². The number of aromatic nitrogens is 4. The summed E-state index contributed by atoms with van der Waals surface area (Å²) < 4.78 is 0. The van der Waals surface area contributed by atoms with Crippen LogP contribution in [-0.2, 0) is 0 Å². The molecule has 2 N–H and O–H groups in total. The van der Waals surface area contributed by atoms with Gasteiger partial charge in [-0.3, -0.25) is 4.98 Å². The first-order valence-electron chi connectivity index (χ1n) is 6.06. The molecule has 5 nitrogen and oxygen atoms in total. The van der Waals surface area contributed by atoms with Crippen LogP contribution in [0.5, 0.6) is 0 Å². The first-order valence-corrected chi connectivity index (χ1v) is 6.06. The van der Waals surface area contributed by atoms with Gasteiger partial charge in [0, 0.05) is 23.5 Å². The molecule has 0 bridgehead atoms. The van der Waals surface area contributed by atoms with Gasteiger partial charge in [-0.1, -0.05) is 0 Å². The lowest BCUT2D eigenvalue weighted by Gasteiger charge is -2.07. The lowest BCUT2D eigenvalue weighted by molar-refractivity contribution is 1.15. The predicted octanol–water partition coefficient (Wildman–Crippen LogP) is 2.90. The highest BCUT2D eigenvalue weighted by atomic mass is 15.0. The molecule has 0 saturated carbocycles. The lowest BCUT2D eigenvalue weighted by atomic mass is 10.1. The van der Waals surface area contributed by atoms with Crippen molar-refractivity contribution in [2.75, 3.05) is 5.32 Å². The van der Waals surface area contributed by atoms with Crippen molar-refractivity contribution in [3.8, 4) is 22.5 Å². The van der Waals surface area contributed by atoms with Crippen LogP contribution >= 0.6 is 0 Å². The van der Waals surface area contributed by atoms with Crippen LogP contribution in [0.25, 0.3) is 22.5 Å². The number of pyridine rings is 2. The molecular formula is C14H11N5. The number of nitrogens with zero attached hydrogens (tertiary/aromatic N) is 3. The Morgan fingerprint density at radius 2 is 2.05 bits per heavy atom. The van der Waals surface area contributed by atoms with E-state index in [9.17, 15) is 0 Å². The Morgan fingerprint density at radius 1 is 1.11 bits per heavy atom. The normalized spacial score (nSPS) is 11.8. The summed E-state index contributed by atoms with van der Waals surface area (Å²) in [6.07, 6.45) is 5.36. The molecule has 0 spiro atoms. The first kappa shape index (κ1) is 10.3. The maximum absolute atomic E-state index is 4.60. The minimum absolute atomic E-state index is 0.807. The van der Waals surface area contributed by atoms with Gasteiger partial charge >= 0.3 is 0 Å². The van der Waals surface area contributed by atoms with E-state index in [1.165, 1.54) is 0 Å². The summed E-state index contributed by atoms with van der Waals surface area (Å²) in [6.45, 7) is 1.96. The minimum Gasteiger partial charge on any atom is -0.342 e. The molecule has 19 heavy (non-hydrogen) atoms. The average molecular weight is 249 g/mol. The van der Waals surface area contributed by atoms with E-state index >= 15 is 0 Å². The van der Waals surface area contributed by atoms with Gasteiger partial charge in [0.1, 0.15) is 17.3 Å². The number of H-pyrrole nitrogens is 1. The Labute approximate surface area is 109 Å². The van der Waals surface area contributed by atoms with Crippen molar-refractivity contribution in [3.05, 3.63) is 42.6 Å². The fraction of sp³-hybridized carbons (Fsp3) is 0.0714. The lowest BCUT2D eigenvalue weighted by Crippen LogP contribution is -1.95. The monoisotopic (exact) mass is 249 g/mol. The molecule has 4 heterocycles. The Hall–Kier alpha value is -2.69. The third-order valence-electron chi connectivity index (χ3n) is 3.23. The van der Waals surface area contributed by atoms with E-state index in [1.54, 1.807) is 18.6 Å². The zero-order valence-corrected chi connectivity index (χ0v) is 10.3. The van der Waals surface area contributed by atoms with Crippen LogP contribution in [0.15, 0.2) is 36.8 Å². The molecule has 0 atom stereocenters. The maximum Gasteiger partial charge on any atom is 0.139 e. The van der Waals surface area contributed by atoms with Gasteiger partial charge < -0.3 is 10.3 Å². The molecule has 0 fully saturated rings. The number of fused-ring (bicyclic) bond motifs is 5. The second-order valence-corrected chi connectivity index (χ2v) is 4.49. The summed E-state index contributed by atoms with van der Waals surface area (Å²) in [5, 5.41) is 3.32. The van der Waals surface area contributed by atoms with Gasteiger partial charge in [-0.05, 0) is 25.1 Å².